The zero-order valence-electron chi connectivity index (χ0n) is 17.0. The summed E-state index contributed by atoms with van der Waals surface area (Å²) < 4.78 is 13.2. The molecule has 1 amide bonds. The Kier molecular flexibility index (Phi) is 12.4. The van der Waals surface area contributed by atoms with Crippen molar-refractivity contribution in [2.45, 2.75) is 0 Å². The molecule has 0 saturated carbocycles. The molecule has 3 aromatic carbocycles. The van der Waals surface area contributed by atoms with Gasteiger partial charge in [0.1, 0.15) is 0 Å². The average Bonchev–Trinajstić information content (AvgIpc) is 2.87. The quantitative estimate of drug-likeness (QED) is 0.193. The molecule has 4 N–H and O–H groups in total. The van der Waals surface area contributed by atoms with Crippen LogP contribution in [0.25, 0.3) is 0 Å². The van der Waals surface area contributed by atoms with Crippen molar-refractivity contribution < 1.29 is 46.0 Å². The molecule has 0 heterocycles. The number of amides is 1. The van der Waals surface area contributed by atoms with Crippen LogP contribution in [0.1, 0.15) is 21.5 Å². The number of nitrogens with one attached hydrogen (secondary N) is 1. The third-order valence-corrected chi connectivity index (χ3v) is 3.77. The molecular formula is C22H21N3O6V. The van der Waals surface area contributed by atoms with E-state index >= 15 is 0 Å². The van der Waals surface area contributed by atoms with E-state index < -0.39 is 5.91 Å². The van der Waals surface area contributed by atoms with Gasteiger partial charge in [0.15, 0.2) is 11.5 Å². The fourth-order valence-corrected chi connectivity index (χ4v) is 2.25. The number of phenolic OH excluding ortho intramolecular Hbond substituents is 1. The Morgan fingerprint density at radius 3 is 2.03 bits per heavy atom. The van der Waals surface area contributed by atoms with Crippen molar-refractivity contribution >= 4 is 18.0 Å². The summed E-state index contributed by atoms with van der Waals surface area (Å²) in [5, 5.41) is 35.2. The molecule has 0 bridgehead atoms. The maximum absolute atomic E-state index is 10.7. The van der Waals surface area contributed by atoms with Crippen molar-refractivity contribution in [3.63, 3.8) is 0 Å². The van der Waals surface area contributed by atoms with E-state index in [2.05, 4.69) is 10.2 Å². The first-order chi connectivity index (χ1) is 15.6. The molecule has 0 aliphatic heterocycles. The van der Waals surface area contributed by atoms with Crippen LogP contribution >= 0.6 is 0 Å². The number of carbonyl (C=O) groups excluding carboxylic acids is 1. The molecule has 9 nitrogen and oxygen atoms in total. The molecular weight excluding hydrogens is 453 g/mol. The van der Waals surface area contributed by atoms with Gasteiger partial charge in [0.25, 0.3) is 5.91 Å². The predicted octanol–water partition coefficient (Wildman–Crippen LogP) is 3.42. The normalized spacial score (nSPS) is 10.2. The SMILES string of the molecule is COc1cccc(/C=N/N=C(\O)c2ccccc2)c1O.O=C(NO)c1ccccc1.[O]=[V]. The summed E-state index contributed by atoms with van der Waals surface area (Å²) in [6.45, 7) is 0. The Bertz CT molecular complexity index is 1030. The molecule has 0 aromatic heterocycles. The zero-order valence-corrected chi connectivity index (χ0v) is 18.4. The number of para-hydroxylation sites is 1. The maximum atomic E-state index is 10.7. The summed E-state index contributed by atoms with van der Waals surface area (Å²) in [6.07, 6.45) is 1.34. The second kappa shape index (κ2) is 15.1. The number of phenols is 1. The summed E-state index contributed by atoms with van der Waals surface area (Å²) in [6, 6.07) is 22.4. The number of rotatable bonds is 5. The van der Waals surface area contributed by atoms with E-state index in [1.807, 2.05) is 6.07 Å². The number of aliphatic hydroxyl groups excluding tert-OH is 1. The van der Waals surface area contributed by atoms with Gasteiger partial charge in [-0.2, -0.15) is 5.10 Å². The molecule has 3 aromatic rings. The summed E-state index contributed by atoms with van der Waals surface area (Å²) >= 11 is 1.06. The Hall–Kier alpha value is -3.79. The Morgan fingerprint density at radius 2 is 1.50 bits per heavy atom. The van der Waals surface area contributed by atoms with Crippen LogP contribution in [-0.4, -0.2) is 40.5 Å². The Balaban J connectivity index is 0.000000358. The molecule has 10 heteroatoms. The third kappa shape index (κ3) is 8.53. The number of ether oxygens (including phenoxy) is 1. The van der Waals surface area contributed by atoms with E-state index in [0.29, 0.717) is 22.4 Å². The third-order valence-electron chi connectivity index (χ3n) is 3.77. The van der Waals surface area contributed by atoms with E-state index in [0.717, 1.165) is 17.4 Å². The summed E-state index contributed by atoms with van der Waals surface area (Å²) in [5.41, 5.74) is 3.01. The van der Waals surface area contributed by atoms with Crippen LogP contribution in [0, 0.1) is 0 Å². The summed E-state index contributed by atoms with van der Waals surface area (Å²) in [5.74, 6) is -0.344. The number of nitrogens with zero attached hydrogens (tertiary/aromatic N) is 2. The Morgan fingerprint density at radius 1 is 0.938 bits per heavy atom. The average molecular weight is 474 g/mol. The molecule has 3 rings (SSSR count). The molecule has 0 unspecified atom stereocenters. The van der Waals surface area contributed by atoms with E-state index in [1.54, 1.807) is 78.3 Å². The van der Waals surface area contributed by atoms with Crippen LogP contribution in [0.4, 0.5) is 0 Å². The van der Waals surface area contributed by atoms with Gasteiger partial charge in [0.2, 0.25) is 5.90 Å². The second-order valence-corrected chi connectivity index (χ2v) is 5.74. The van der Waals surface area contributed by atoms with Gasteiger partial charge in [0, 0.05) is 16.7 Å². The number of hydrogen-bond acceptors (Lipinski definition) is 7. The monoisotopic (exact) mass is 474 g/mol. The second-order valence-electron chi connectivity index (χ2n) is 5.74. The fourth-order valence-electron chi connectivity index (χ4n) is 2.25. The molecule has 0 radical (unpaired) electrons. The number of methoxy groups -OCH3 is 1. The number of aromatic hydroxyl groups is 1. The van der Waals surface area contributed by atoms with Gasteiger partial charge in [-0.05, 0) is 36.4 Å². The number of aliphatic hydroxyl groups is 1. The van der Waals surface area contributed by atoms with Gasteiger partial charge in [0.05, 0.1) is 13.3 Å². The standard InChI is InChI=1S/C15H14N2O3.C7H7NO2.O.V/c1-20-13-9-5-8-12(14(13)18)10-16-17-15(19)11-6-3-2-4-7-11;9-7(8-10)6-4-2-1-3-5-6;;/h2-10,18H,1H3,(H,17,19);1-5,10H,(H,8,9);;/b16-10+;;;. The van der Waals surface area contributed by atoms with Crippen molar-refractivity contribution in [3.8, 4) is 11.5 Å². The van der Waals surface area contributed by atoms with Gasteiger partial charge in [-0.1, -0.05) is 42.5 Å². The van der Waals surface area contributed by atoms with Gasteiger partial charge >= 0.3 is 21.0 Å². The van der Waals surface area contributed by atoms with E-state index in [4.69, 9.17) is 13.6 Å². The summed E-state index contributed by atoms with van der Waals surface area (Å²) in [7, 11) is 1.47. The van der Waals surface area contributed by atoms with Crippen molar-refractivity contribution in [2.75, 3.05) is 7.11 Å². The number of hydroxylamine groups is 1. The van der Waals surface area contributed by atoms with Crippen LogP contribution in [-0.2, 0) is 21.0 Å². The van der Waals surface area contributed by atoms with Gasteiger partial charge in [-0.25, -0.2) is 5.48 Å². The van der Waals surface area contributed by atoms with Crippen molar-refractivity contribution in [1.29, 1.82) is 0 Å². The number of benzene rings is 3. The molecule has 0 atom stereocenters. The van der Waals surface area contributed by atoms with Crippen LogP contribution in [0.3, 0.4) is 0 Å². The van der Waals surface area contributed by atoms with Crippen LogP contribution in [0.15, 0.2) is 89.1 Å². The molecule has 0 aliphatic rings. The van der Waals surface area contributed by atoms with Gasteiger partial charge in [-0.3, -0.25) is 10.0 Å². The van der Waals surface area contributed by atoms with Crippen LogP contribution in [0.2, 0.25) is 0 Å². The first-order valence-electron chi connectivity index (χ1n) is 8.96. The minimum absolute atomic E-state index is 0.0202. The molecule has 0 aliphatic carbocycles. The molecule has 0 fully saturated rings. The fraction of sp³-hybridized carbons (Fsp3) is 0.0455. The van der Waals surface area contributed by atoms with Crippen molar-refractivity contribution in [3.05, 3.63) is 95.6 Å². The molecule has 165 valence electrons. The number of carbonyl (C=O) groups is 1. The van der Waals surface area contributed by atoms with Crippen molar-refractivity contribution in [2.24, 2.45) is 10.2 Å². The first-order valence-corrected chi connectivity index (χ1v) is 9.53. The van der Waals surface area contributed by atoms with Gasteiger partial charge in [-0.15, -0.1) is 5.10 Å². The van der Waals surface area contributed by atoms with Crippen LogP contribution < -0.4 is 10.2 Å². The first kappa shape index (κ1) is 26.2. The van der Waals surface area contributed by atoms with Crippen molar-refractivity contribution in [1.82, 2.24) is 5.48 Å². The minimum atomic E-state index is -0.486. The molecule has 0 spiro atoms. The molecule has 0 saturated heterocycles. The topological polar surface area (TPSA) is 141 Å². The number of hydrogen-bond donors (Lipinski definition) is 4. The predicted molar refractivity (Wildman–Crippen MR) is 114 cm³/mol. The van der Waals surface area contributed by atoms with Gasteiger partial charge < -0.3 is 14.9 Å². The van der Waals surface area contributed by atoms with E-state index in [-0.39, 0.29) is 11.6 Å². The van der Waals surface area contributed by atoms with E-state index in [1.165, 1.54) is 13.3 Å². The Labute approximate surface area is 193 Å². The molecule has 32 heavy (non-hydrogen) atoms. The van der Waals surface area contributed by atoms with Crippen LogP contribution in [0.5, 0.6) is 11.5 Å². The summed E-state index contributed by atoms with van der Waals surface area (Å²) in [4.78, 5) is 10.7. The van der Waals surface area contributed by atoms with E-state index in [9.17, 15) is 15.0 Å². The zero-order chi connectivity index (χ0) is 23.8.